The van der Waals surface area contributed by atoms with Crippen LogP contribution < -0.4 is 4.72 Å². The highest BCUT2D eigenvalue weighted by molar-refractivity contribution is 7.92. The Hall–Kier alpha value is -2.87. The van der Waals surface area contributed by atoms with Crippen LogP contribution in [0.3, 0.4) is 0 Å². The number of carboxylic acids is 1. The third-order valence-corrected chi connectivity index (χ3v) is 7.26. The van der Waals surface area contributed by atoms with E-state index in [2.05, 4.69) is 4.72 Å². The van der Waals surface area contributed by atoms with E-state index in [0.717, 1.165) is 20.5 Å². The van der Waals surface area contributed by atoms with Crippen LogP contribution in [0.5, 0.6) is 0 Å². The Morgan fingerprint density at radius 2 is 1.80 bits per heavy atom. The summed E-state index contributed by atoms with van der Waals surface area (Å²) in [5.41, 5.74) is 1.26. The first-order valence-electron chi connectivity index (χ1n) is 8.89. The Kier molecular flexibility index (Phi) is 5.27. The lowest BCUT2D eigenvalue weighted by Crippen LogP contribution is -2.16. The summed E-state index contributed by atoms with van der Waals surface area (Å²) in [7, 11) is -4.03. The summed E-state index contributed by atoms with van der Waals surface area (Å²) >= 11 is 7.55. The standard InChI is InChI=1S/C22H16ClNO4S2/c1-13-8-16(23)12-17(9-13)30(27,28)24-19-10-15(6-7-18(19)22(25)26)21-11-14-4-2-3-5-20(14)29-21/h2-12,24H,1H3,(H,25,26). The highest BCUT2D eigenvalue weighted by Gasteiger charge is 2.20. The first-order chi connectivity index (χ1) is 14.2. The van der Waals surface area contributed by atoms with E-state index >= 15 is 0 Å². The van der Waals surface area contributed by atoms with Crippen molar-refractivity contribution in [3.05, 3.63) is 82.9 Å². The van der Waals surface area contributed by atoms with Crippen molar-refractivity contribution in [2.24, 2.45) is 0 Å². The van der Waals surface area contributed by atoms with Gasteiger partial charge in [-0.3, -0.25) is 4.72 Å². The molecule has 0 spiro atoms. The highest BCUT2D eigenvalue weighted by atomic mass is 35.5. The average Bonchev–Trinajstić information content (AvgIpc) is 3.11. The molecule has 0 atom stereocenters. The Bertz CT molecular complexity index is 1340. The molecule has 8 heteroatoms. The molecule has 0 bridgehead atoms. The SMILES string of the molecule is Cc1cc(Cl)cc(S(=O)(=O)Nc2cc(-c3cc4ccccc4s3)ccc2C(=O)O)c1. The van der Waals surface area contributed by atoms with Crippen LogP contribution in [0.2, 0.25) is 5.02 Å². The number of carbonyl (C=O) groups is 1. The number of sulfonamides is 1. The smallest absolute Gasteiger partial charge is 0.337 e. The van der Waals surface area contributed by atoms with Crippen molar-refractivity contribution in [2.75, 3.05) is 4.72 Å². The van der Waals surface area contributed by atoms with Crippen molar-refractivity contribution in [3.63, 3.8) is 0 Å². The highest BCUT2D eigenvalue weighted by Crippen LogP contribution is 2.36. The van der Waals surface area contributed by atoms with Gasteiger partial charge in [0.1, 0.15) is 0 Å². The Morgan fingerprint density at radius 3 is 2.50 bits per heavy atom. The summed E-state index contributed by atoms with van der Waals surface area (Å²) in [5.74, 6) is -1.22. The van der Waals surface area contributed by atoms with Gasteiger partial charge in [0.05, 0.1) is 16.1 Å². The number of thiophene rings is 1. The molecule has 152 valence electrons. The predicted molar refractivity (Wildman–Crippen MR) is 121 cm³/mol. The normalized spacial score (nSPS) is 11.5. The van der Waals surface area contributed by atoms with Crippen molar-refractivity contribution >= 4 is 54.7 Å². The molecule has 4 aromatic rings. The number of aromatic carboxylic acids is 1. The molecule has 0 amide bonds. The van der Waals surface area contributed by atoms with Crippen molar-refractivity contribution in [1.82, 2.24) is 0 Å². The fourth-order valence-electron chi connectivity index (χ4n) is 3.15. The number of aryl methyl sites for hydroxylation is 1. The molecule has 0 radical (unpaired) electrons. The van der Waals surface area contributed by atoms with Gasteiger partial charge in [-0.2, -0.15) is 0 Å². The number of fused-ring (bicyclic) bond motifs is 1. The van der Waals surface area contributed by atoms with E-state index in [1.54, 1.807) is 36.5 Å². The van der Waals surface area contributed by atoms with Gasteiger partial charge in [-0.25, -0.2) is 13.2 Å². The molecule has 0 saturated heterocycles. The van der Waals surface area contributed by atoms with Crippen LogP contribution in [0, 0.1) is 6.92 Å². The minimum Gasteiger partial charge on any atom is -0.478 e. The largest absolute Gasteiger partial charge is 0.478 e. The number of hydrogen-bond acceptors (Lipinski definition) is 4. The molecule has 4 rings (SSSR count). The van der Waals surface area contributed by atoms with E-state index in [1.807, 2.05) is 30.3 Å². The van der Waals surface area contributed by atoms with E-state index in [1.165, 1.54) is 18.2 Å². The number of carboxylic acid groups (broad SMARTS) is 1. The van der Waals surface area contributed by atoms with Crippen LogP contribution >= 0.6 is 22.9 Å². The fourth-order valence-corrected chi connectivity index (χ4v) is 5.77. The lowest BCUT2D eigenvalue weighted by Gasteiger charge is -2.13. The molecule has 1 aromatic heterocycles. The zero-order chi connectivity index (χ0) is 21.5. The molecule has 3 aromatic carbocycles. The predicted octanol–water partition coefficient (Wildman–Crippen LogP) is 6.03. The lowest BCUT2D eigenvalue weighted by molar-refractivity contribution is 0.0698. The maximum absolute atomic E-state index is 12.9. The molecule has 2 N–H and O–H groups in total. The van der Waals surface area contributed by atoms with Gasteiger partial charge >= 0.3 is 5.97 Å². The summed E-state index contributed by atoms with van der Waals surface area (Å²) in [6.45, 7) is 1.73. The van der Waals surface area contributed by atoms with Crippen molar-refractivity contribution in [2.45, 2.75) is 11.8 Å². The van der Waals surface area contributed by atoms with Crippen molar-refractivity contribution in [1.29, 1.82) is 0 Å². The molecule has 0 aliphatic rings. The number of hydrogen-bond donors (Lipinski definition) is 2. The van der Waals surface area contributed by atoms with Gasteiger partial charge in [-0.05, 0) is 65.9 Å². The molecule has 0 saturated carbocycles. The van der Waals surface area contributed by atoms with Crippen LogP contribution in [-0.4, -0.2) is 19.5 Å². The van der Waals surface area contributed by atoms with Gasteiger partial charge in [-0.1, -0.05) is 35.9 Å². The Labute approximate surface area is 182 Å². The molecule has 0 fully saturated rings. The second-order valence-corrected chi connectivity index (χ2v) is 9.99. The van der Waals surface area contributed by atoms with Crippen molar-refractivity contribution < 1.29 is 18.3 Å². The molecule has 0 aliphatic carbocycles. The number of anilines is 1. The first kappa shape index (κ1) is 20.4. The summed E-state index contributed by atoms with van der Waals surface area (Å²) in [5, 5.41) is 10.9. The van der Waals surface area contributed by atoms with E-state index < -0.39 is 16.0 Å². The van der Waals surface area contributed by atoms with Crippen LogP contribution in [0.4, 0.5) is 5.69 Å². The Morgan fingerprint density at radius 1 is 1.03 bits per heavy atom. The second kappa shape index (κ2) is 7.75. The van der Waals surface area contributed by atoms with Crippen molar-refractivity contribution in [3.8, 4) is 10.4 Å². The van der Waals surface area contributed by atoms with E-state index in [0.29, 0.717) is 5.56 Å². The number of rotatable bonds is 5. The summed E-state index contributed by atoms with van der Waals surface area (Å²) in [6, 6.07) is 19.0. The molecule has 0 aliphatic heterocycles. The summed E-state index contributed by atoms with van der Waals surface area (Å²) < 4.78 is 29.3. The third-order valence-electron chi connectivity index (χ3n) is 4.53. The zero-order valence-corrected chi connectivity index (χ0v) is 18.1. The lowest BCUT2D eigenvalue weighted by atomic mass is 10.1. The molecule has 30 heavy (non-hydrogen) atoms. The topological polar surface area (TPSA) is 83.5 Å². The maximum atomic E-state index is 12.9. The van der Waals surface area contributed by atoms with Gasteiger partial charge in [0.25, 0.3) is 10.0 Å². The number of benzene rings is 3. The minimum absolute atomic E-state index is 0.00455. The molecular weight excluding hydrogens is 442 g/mol. The Balaban J connectivity index is 1.79. The summed E-state index contributed by atoms with van der Waals surface area (Å²) in [4.78, 5) is 12.6. The van der Waals surface area contributed by atoms with Gasteiger partial charge in [0.2, 0.25) is 0 Å². The van der Waals surface area contributed by atoms with Crippen LogP contribution in [0.15, 0.2) is 71.6 Å². The third kappa shape index (κ3) is 4.05. The van der Waals surface area contributed by atoms with Gasteiger partial charge in [-0.15, -0.1) is 11.3 Å². The second-order valence-electron chi connectivity index (χ2n) is 6.78. The van der Waals surface area contributed by atoms with Crippen LogP contribution in [-0.2, 0) is 10.0 Å². The van der Waals surface area contributed by atoms with Gasteiger partial charge in [0.15, 0.2) is 0 Å². The zero-order valence-electron chi connectivity index (χ0n) is 15.7. The maximum Gasteiger partial charge on any atom is 0.337 e. The van der Waals surface area contributed by atoms with Gasteiger partial charge in [0, 0.05) is 14.6 Å². The molecule has 5 nitrogen and oxygen atoms in total. The quantitative estimate of drug-likeness (QED) is 0.383. The average molecular weight is 458 g/mol. The number of halogens is 1. The molecule has 0 unspecified atom stereocenters. The molecular formula is C22H16ClNO4S2. The molecule has 1 heterocycles. The van der Waals surface area contributed by atoms with E-state index in [-0.39, 0.29) is 21.2 Å². The van der Waals surface area contributed by atoms with E-state index in [4.69, 9.17) is 11.6 Å². The van der Waals surface area contributed by atoms with Gasteiger partial charge < -0.3 is 5.11 Å². The first-order valence-corrected chi connectivity index (χ1v) is 11.6. The van der Waals surface area contributed by atoms with E-state index in [9.17, 15) is 18.3 Å². The summed E-state index contributed by atoms with van der Waals surface area (Å²) in [6.07, 6.45) is 0. The van der Waals surface area contributed by atoms with Crippen LogP contribution in [0.25, 0.3) is 20.5 Å². The fraction of sp³-hybridized carbons (Fsp3) is 0.0455. The number of nitrogens with one attached hydrogen (secondary N) is 1. The minimum atomic E-state index is -4.03. The monoisotopic (exact) mass is 457 g/mol. The van der Waals surface area contributed by atoms with Crippen LogP contribution in [0.1, 0.15) is 15.9 Å².